The number of rotatable bonds is 7. The molecule has 1 aliphatic carbocycles. The average Bonchev–Trinajstić information content (AvgIpc) is 3.79. The summed E-state index contributed by atoms with van der Waals surface area (Å²) in [5.41, 5.74) is 3.43. The number of hydrogen-bond donors (Lipinski definition) is 3. The fourth-order valence-electron chi connectivity index (χ4n) is 5.22. The van der Waals surface area contributed by atoms with Gasteiger partial charge >= 0.3 is 12.2 Å². The number of amides is 2. The highest BCUT2D eigenvalue weighted by molar-refractivity contribution is 5.70. The van der Waals surface area contributed by atoms with E-state index in [0.29, 0.717) is 25.3 Å². The number of carbonyl (C=O) groups is 2. The van der Waals surface area contributed by atoms with Gasteiger partial charge in [-0.2, -0.15) is 0 Å². The van der Waals surface area contributed by atoms with E-state index >= 15 is 0 Å². The summed E-state index contributed by atoms with van der Waals surface area (Å²) < 4.78 is 6.14. The van der Waals surface area contributed by atoms with Crippen LogP contribution in [-0.2, 0) is 10.3 Å². The first-order chi connectivity index (χ1) is 19.0. The van der Waals surface area contributed by atoms with Crippen LogP contribution in [0.5, 0.6) is 0 Å². The van der Waals surface area contributed by atoms with Crippen LogP contribution >= 0.6 is 0 Å². The molecule has 1 saturated heterocycles. The van der Waals surface area contributed by atoms with Crippen LogP contribution in [0.3, 0.4) is 0 Å². The first kappa shape index (κ1) is 29.1. The molecule has 1 aromatic heterocycles. The van der Waals surface area contributed by atoms with E-state index < -0.39 is 17.3 Å². The second-order valence-corrected chi connectivity index (χ2v) is 11.2. The van der Waals surface area contributed by atoms with Crippen molar-refractivity contribution in [2.75, 3.05) is 13.6 Å². The van der Waals surface area contributed by atoms with Crippen molar-refractivity contribution in [2.45, 2.75) is 69.6 Å². The highest BCUT2D eigenvalue weighted by Gasteiger charge is 2.46. The molecule has 2 heterocycles. The van der Waals surface area contributed by atoms with Crippen molar-refractivity contribution in [3.05, 3.63) is 89.6 Å². The first-order valence-corrected chi connectivity index (χ1v) is 13.8. The van der Waals surface area contributed by atoms with Crippen LogP contribution in [0, 0.1) is 0 Å². The molecule has 0 radical (unpaired) electrons. The molecular formula is C32H39N3O5. The van der Waals surface area contributed by atoms with Crippen LogP contribution in [0.15, 0.2) is 72.8 Å². The molecule has 8 nitrogen and oxygen atoms in total. The molecule has 1 saturated carbocycles. The van der Waals surface area contributed by atoms with Gasteiger partial charge in [-0.1, -0.05) is 60.7 Å². The molecule has 0 bridgehead atoms. The van der Waals surface area contributed by atoms with E-state index in [4.69, 9.17) is 14.8 Å². The minimum absolute atomic E-state index is 0.127. The number of ether oxygens (including phenoxy) is 1. The van der Waals surface area contributed by atoms with Gasteiger partial charge in [0.25, 0.3) is 0 Å². The number of aliphatic hydroxyl groups is 1. The maximum Gasteiger partial charge on any atom is 0.411 e. The number of nitrogens with zero attached hydrogens (tertiary/aromatic N) is 2. The fraction of sp³-hybridized carbons (Fsp3) is 0.406. The monoisotopic (exact) mass is 545 g/mol. The number of hydrogen-bond acceptors (Lipinski definition) is 5. The van der Waals surface area contributed by atoms with E-state index in [2.05, 4.69) is 42.5 Å². The van der Waals surface area contributed by atoms with Gasteiger partial charge in [0, 0.05) is 43.6 Å². The second kappa shape index (κ2) is 12.1. The predicted octanol–water partition coefficient (Wildman–Crippen LogP) is 6.47. The molecule has 40 heavy (non-hydrogen) atoms. The van der Waals surface area contributed by atoms with Crippen molar-refractivity contribution in [3.63, 3.8) is 0 Å². The summed E-state index contributed by atoms with van der Waals surface area (Å²) in [6.07, 6.45) is 2.09. The van der Waals surface area contributed by atoms with Crippen LogP contribution < -0.4 is 5.32 Å². The van der Waals surface area contributed by atoms with Crippen LogP contribution in [0.4, 0.5) is 9.59 Å². The standard InChI is InChI=1S/C30H34N2O3.C2H5NO2/c1-21(22-12-14-23(15-13-22)26-10-7-11-27(31-26)24-16-17-24)32-19-18-30(35-28(32)33,20-29(2,3)34)25-8-5-4-6-9-25;1-3-2(4)5/h4-15,21,24,34H,16-20H2,1-3H3;3H,1H3,(H,4,5)/t21-,30-;/m0./s1. The highest BCUT2D eigenvalue weighted by Crippen LogP contribution is 2.42. The minimum atomic E-state index is -0.995. The van der Waals surface area contributed by atoms with E-state index in [9.17, 15) is 14.7 Å². The van der Waals surface area contributed by atoms with Crippen LogP contribution in [-0.4, -0.2) is 51.5 Å². The Kier molecular flexibility index (Phi) is 8.79. The SMILES string of the molecule is CNC(=O)O.C[C@@H](c1ccc(-c2cccc(C3CC3)n2)cc1)N1CC[C@](CC(C)(C)O)(c2ccccc2)OC1=O. The molecule has 5 rings (SSSR count). The van der Waals surface area contributed by atoms with Crippen molar-refractivity contribution >= 4 is 12.2 Å². The third-order valence-electron chi connectivity index (χ3n) is 7.43. The molecule has 3 N–H and O–H groups in total. The van der Waals surface area contributed by atoms with E-state index in [1.165, 1.54) is 25.6 Å². The Balaban J connectivity index is 0.000000681. The first-order valence-electron chi connectivity index (χ1n) is 13.8. The van der Waals surface area contributed by atoms with Gasteiger partial charge in [-0.05, 0) is 56.9 Å². The summed E-state index contributed by atoms with van der Waals surface area (Å²) >= 11 is 0. The quantitative estimate of drug-likeness (QED) is 0.314. The van der Waals surface area contributed by atoms with Crippen LogP contribution in [0.25, 0.3) is 11.3 Å². The third kappa shape index (κ3) is 7.18. The highest BCUT2D eigenvalue weighted by atomic mass is 16.6. The molecule has 1 aliphatic heterocycles. The number of pyridine rings is 1. The van der Waals surface area contributed by atoms with Gasteiger partial charge in [-0.25, -0.2) is 9.59 Å². The summed E-state index contributed by atoms with van der Waals surface area (Å²) in [5.74, 6) is 0.624. The lowest BCUT2D eigenvalue weighted by atomic mass is 9.80. The maximum absolute atomic E-state index is 13.3. The van der Waals surface area contributed by atoms with Gasteiger partial charge in [0.05, 0.1) is 17.3 Å². The van der Waals surface area contributed by atoms with Gasteiger partial charge in [0.1, 0.15) is 5.60 Å². The molecule has 2 aliphatic rings. The van der Waals surface area contributed by atoms with Crippen molar-refractivity contribution in [3.8, 4) is 11.3 Å². The zero-order chi connectivity index (χ0) is 28.9. The number of carbonyl (C=O) groups excluding carboxylic acids is 1. The molecule has 2 atom stereocenters. The average molecular weight is 546 g/mol. The summed E-state index contributed by atoms with van der Waals surface area (Å²) in [6.45, 7) is 6.11. The van der Waals surface area contributed by atoms with Gasteiger partial charge in [-0.15, -0.1) is 0 Å². The Hall–Kier alpha value is -3.91. The van der Waals surface area contributed by atoms with Crippen molar-refractivity contribution in [1.82, 2.24) is 15.2 Å². The second-order valence-electron chi connectivity index (χ2n) is 11.2. The van der Waals surface area contributed by atoms with E-state index in [1.807, 2.05) is 42.6 Å². The fourth-order valence-corrected chi connectivity index (χ4v) is 5.22. The van der Waals surface area contributed by atoms with E-state index in [1.54, 1.807) is 18.7 Å². The van der Waals surface area contributed by atoms with Gasteiger partial charge in [0.15, 0.2) is 0 Å². The van der Waals surface area contributed by atoms with Crippen LogP contribution in [0.2, 0.25) is 0 Å². The van der Waals surface area contributed by atoms with Gasteiger partial charge in [-0.3, -0.25) is 4.98 Å². The lowest BCUT2D eigenvalue weighted by Crippen LogP contribution is -2.51. The Labute approximate surface area is 236 Å². The molecule has 0 unspecified atom stereocenters. The molecule has 2 fully saturated rings. The maximum atomic E-state index is 13.3. The Morgan fingerprint density at radius 2 is 1.75 bits per heavy atom. The van der Waals surface area contributed by atoms with Crippen molar-refractivity contribution in [2.24, 2.45) is 0 Å². The summed E-state index contributed by atoms with van der Waals surface area (Å²) in [7, 11) is 1.35. The number of benzene rings is 2. The topological polar surface area (TPSA) is 112 Å². The van der Waals surface area contributed by atoms with Crippen molar-refractivity contribution < 1.29 is 24.5 Å². The molecule has 212 valence electrons. The molecule has 3 aromatic rings. The Morgan fingerprint density at radius 3 is 2.30 bits per heavy atom. The van der Waals surface area contributed by atoms with E-state index in [0.717, 1.165) is 22.4 Å². The normalized spacial score (nSPS) is 19.6. The predicted molar refractivity (Wildman–Crippen MR) is 154 cm³/mol. The smallest absolute Gasteiger partial charge is 0.411 e. The number of cyclic esters (lactones) is 1. The van der Waals surface area contributed by atoms with E-state index in [-0.39, 0.29) is 12.1 Å². The van der Waals surface area contributed by atoms with Crippen LogP contribution in [0.1, 0.15) is 75.2 Å². The molecule has 2 aromatic carbocycles. The Bertz CT molecular complexity index is 1300. The molecule has 2 amide bonds. The number of aromatic nitrogens is 1. The minimum Gasteiger partial charge on any atom is -0.465 e. The summed E-state index contributed by atoms with van der Waals surface area (Å²) in [5, 5.41) is 20.2. The van der Waals surface area contributed by atoms with Crippen molar-refractivity contribution in [1.29, 1.82) is 0 Å². The van der Waals surface area contributed by atoms with Gasteiger partial charge in [0.2, 0.25) is 0 Å². The summed E-state index contributed by atoms with van der Waals surface area (Å²) in [4.78, 5) is 29.2. The molecular weight excluding hydrogens is 506 g/mol. The molecule has 0 spiro atoms. The number of carboxylic acid groups (broad SMARTS) is 1. The summed E-state index contributed by atoms with van der Waals surface area (Å²) in [6, 6.07) is 24.2. The Morgan fingerprint density at radius 1 is 1.10 bits per heavy atom. The largest absolute Gasteiger partial charge is 0.465 e. The zero-order valence-electron chi connectivity index (χ0n) is 23.6. The van der Waals surface area contributed by atoms with Gasteiger partial charge < -0.3 is 25.2 Å². The lowest BCUT2D eigenvalue weighted by molar-refractivity contribution is -0.101. The third-order valence-corrected chi connectivity index (χ3v) is 7.43. The molecule has 8 heteroatoms. The lowest BCUT2D eigenvalue weighted by Gasteiger charge is -2.45. The number of nitrogens with one attached hydrogen (secondary N) is 1. The zero-order valence-corrected chi connectivity index (χ0v) is 23.6.